The number of methoxy groups -OCH3 is 1. The van der Waals surface area contributed by atoms with Crippen molar-refractivity contribution in [2.45, 2.75) is 70.9 Å². The lowest BCUT2D eigenvalue weighted by Gasteiger charge is -2.36. The molecule has 5 heteroatoms. The number of aromatic nitrogens is 2. The Morgan fingerprint density at radius 1 is 1.52 bits per heavy atom. The van der Waals surface area contributed by atoms with Gasteiger partial charge >= 0.3 is 0 Å². The third-order valence-corrected chi connectivity index (χ3v) is 4.45. The van der Waals surface area contributed by atoms with Crippen LogP contribution in [0.3, 0.4) is 0 Å². The summed E-state index contributed by atoms with van der Waals surface area (Å²) in [6.45, 7) is 7.60. The highest BCUT2D eigenvalue weighted by atomic mass is 16.5. The fourth-order valence-electron chi connectivity index (χ4n) is 3.23. The molecule has 0 aliphatic heterocycles. The molecule has 1 aromatic rings. The Kier molecular flexibility index (Phi) is 5.76. The molecule has 21 heavy (non-hydrogen) atoms. The van der Waals surface area contributed by atoms with Crippen LogP contribution in [0.1, 0.15) is 64.6 Å². The number of hydrogen-bond donors (Lipinski definition) is 1. The van der Waals surface area contributed by atoms with Gasteiger partial charge in [0.25, 0.3) is 0 Å². The standard InChI is InChI=1S/C16H29N3O2/c1-5-9-17-13(3)10-14-18-15(19-21-14)16(20-4)8-6-7-12(2)11-16/h12-13,17H,5-11H2,1-4H3. The summed E-state index contributed by atoms with van der Waals surface area (Å²) < 4.78 is 11.3. The Balaban J connectivity index is 2.03. The largest absolute Gasteiger partial charge is 0.370 e. The molecule has 1 aromatic heterocycles. The van der Waals surface area contributed by atoms with Gasteiger partial charge in [-0.1, -0.05) is 25.4 Å². The monoisotopic (exact) mass is 295 g/mol. The Morgan fingerprint density at radius 2 is 2.33 bits per heavy atom. The Labute approximate surface area is 127 Å². The van der Waals surface area contributed by atoms with E-state index in [1.807, 2.05) is 0 Å². The average Bonchev–Trinajstić information content (AvgIpc) is 2.94. The van der Waals surface area contributed by atoms with Crippen molar-refractivity contribution in [3.8, 4) is 0 Å². The van der Waals surface area contributed by atoms with Crippen LogP contribution in [0.2, 0.25) is 0 Å². The van der Waals surface area contributed by atoms with Gasteiger partial charge < -0.3 is 14.6 Å². The Bertz CT molecular complexity index is 435. The Hall–Kier alpha value is -0.940. The maximum absolute atomic E-state index is 5.82. The summed E-state index contributed by atoms with van der Waals surface area (Å²) in [5.74, 6) is 2.08. The van der Waals surface area contributed by atoms with Crippen LogP contribution in [0.15, 0.2) is 4.52 Å². The molecule has 1 saturated carbocycles. The molecule has 1 fully saturated rings. The molecule has 0 spiro atoms. The molecule has 1 N–H and O–H groups in total. The zero-order chi connectivity index (χ0) is 15.3. The molecule has 0 radical (unpaired) electrons. The van der Waals surface area contributed by atoms with E-state index in [4.69, 9.17) is 9.26 Å². The molecule has 0 amide bonds. The minimum absolute atomic E-state index is 0.348. The molecule has 2 rings (SSSR count). The summed E-state index contributed by atoms with van der Waals surface area (Å²) in [6.07, 6.45) is 6.27. The van der Waals surface area contributed by atoms with Crippen molar-refractivity contribution in [3.63, 3.8) is 0 Å². The lowest BCUT2D eigenvalue weighted by Crippen LogP contribution is -2.35. The maximum atomic E-state index is 5.82. The first-order valence-corrected chi connectivity index (χ1v) is 8.21. The van der Waals surface area contributed by atoms with Crippen LogP contribution >= 0.6 is 0 Å². The lowest BCUT2D eigenvalue weighted by molar-refractivity contribution is -0.0658. The van der Waals surface area contributed by atoms with Crippen molar-refractivity contribution in [2.24, 2.45) is 5.92 Å². The van der Waals surface area contributed by atoms with E-state index in [2.05, 4.69) is 36.2 Å². The molecule has 1 heterocycles. The second-order valence-electron chi connectivity index (χ2n) is 6.47. The van der Waals surface area contributed by atoms with E-state index in [1.54, 1.807) is 7.11 Å². The highest BCUT2D eigenvalue weighted by molar-refractivity contribution is 5.04. The quantitative estimate of drug-likeness (QED) is 0.837. The van der Waals surface area contributed by atoms with Gasteiger partial charge in [-0.05, 0) is 45.1 Å². The van der Waals surface area contributed by atoms with Crippen LogP contribution in [0.25, 0.3) is 0 Å². The molecule has 0 bridgehead atoms. The number of ether oxygens (including phenoxy) is 1. The molecule has 120 valence electrons. The number of hydrogen-bond acceptors (Lipinski definition) is 5. The van der Waals surface area contributed by atoms with Crippen molar-refractivity contribution >= 4 is 0 Å². The second-order valence-corrected chi connectivity index (χ2v) is 6.47. The van der Waals surface area contributed by atoms with Gasteiger partial charge in [-0.25, -0.2) is 0 Å². The van der Waals surface area contributed by atoms with E-state index in [0.29, 0.717) is 17.9 Å². The van der Waals surface area contributed by atoms with Gasteiger partial charge in [0.2, 0.25) is 11.7 Å². The van der Waals surface area contributed by atoms with Gasteiger partial charge in [0.1, 0.15) is 5.60 Å². The van der Waals surface area contributed by atoms with Crippen LogP contribution in [0.4, 0.5) is 0 Å². The molecule has 0 saturated heterocycles. The zero-order valence-electron chi connectivity index (χ0n) is 13.8. The van der Waals surface area contributed by atoms with Gasteiger partial charge in [0, 0.05) is 19.6 Å². The number of nitrogens with one attached hydrogen (secondary N) is 1. The van der Waals surface area contributed by atoms with E-state index >= 15 is 0 Å². The fourth-order valence-corrected chi connectivity index (χ4v) is 3.23. The molecule has 3 unspecified atom stereocenters. The summed E-state index contributed by atoms with van der Waals surface area (Å²) in [4.78, 5) is 4.62. The van der Waals surface area contributed by atoms with Crippen molar-refractivity contribution in [2.75, 3.05) is 13.7 Å². The first-order chi connectivity index (χ1) is 10.1. The minimum atomic E-state index is -0.348. The van der Waals surface area contributed by atoms with E-state index in [-0.39, 0.29) is 5.60 Å². The lowest BCUT2D eigenvalue weighted by atomic mass is 9.78. The van der Waals surface area contributed by atoms with E-state index < -0.39 is 0 Å². The molecule has 1 aliphatic rings. The third kappa shape index (κ3) is 4.04. The predicted octanol–water partition coefficient (Wildman–Crippen LogP) is 3.05. The summed E-state index contributed by atoms with van der Waals surface area (Å²) in [7, 11) is 1.76. The molecule has 0 aromatic carbocycles. The number of rotatable bonds is 7. The zero-order valence-corrected chi connectivity index (χ0v) is 13.8. The van der Waals surface area contributed by atoms with Gasteiger partial charge in [-0.3, -0.25) is 0 Å². The van der Waals surface area contributed by atoms with Crippen molar-refractivity contribution in [1.29, 1.82) is 0 Å². The van der Waals surface area contributed by atoms with Crippen LogP contribution in [-0.2, 0) is 16.8 Å². The van der Waals surface area contributed by atoms with E-state index in [9.17, 15) is 0 Å². The van der Waals surface area contributed by atoms with Gasteiger partial charge in [0.05, 0.1) is 0 Å². The Morgan fingerprint density at radius 3 is 3.00 bits per heavy atom. The first-order valence-electron chi connectivity index (χ1n) is 8.21. The number of nitrogens with zero attached hydrogens (tertiary/aromatic N) is 2. The second kappa shape index (κ2) is 7.36. The predicted molar refractivity (Wildman–Crippen MR) is 82.1 cm³/mol. The summed E-state index contributed by atoms with van der Waals surface area (Å²) in [5, 5.41) is 7.65. The van der Waals surface area contributed by atoms with Crippen LogP contribution in [0, 0.1) is 5.92 Å². The SMILES string of the molecule is CCCNC(C)Cc1nc(C2(OC)CCCC(C)C2)no1. The van der Waals surface area contributed by atoms with Crippen LogP contribution in [0.5, 0.6) is 0 Å². The maximum Gasteiger partial charge on any atom is 0.228 e. The minimum Gasteiger partial charge on any atom is -0.370 e. The smallest absolute Gasteiger partial charge is 0.228 e. The topological polar surface area (TPSA) is 60.2 Å². The summed E-state index contributed by atoms with van der Waals surface area (Å²) in [6, 6.07) is 0.349. The van der Waals surface area contributed by atoms with Crippen molar-refractivity contribution in [1.82, 2.24) is 15.5 Å². The molecular weight excluding hydrogens is 266 g/mol. The highest BCUT2D eigenvalue weighted by Crippen LogP contribution is 2.41. The molecule has 5 nitrogen and oxygen atoms in total. The van der Waals surface area contributed by atoms with Crippen molar-refractivity contribution in [3.05, 3.63) is 11.7 Å². The molecule has 3 atom stereocenters. The normalized spacial score (nSPS) is 27.7. The molecular formula is C16H29N3O2. The van der Waals surface area contributed by atoms with Crippen LogP contribution in [-0.4, -0.2) is 29.8 Å². The fraction of sp³-hybridized carbons (Fsp3) is 0.875. The van der Waals surface area contributed by atoms with Gasteiger partial charge in [-0.15, -0.1) is 0 Å². The van der Waals surface area contributed by atoms with Crippen LogP contribution < -0.4 is 5.32 Å². The van der Waals surface area contributed by atoms with Gasteiger partial charge in [-0.2, -0.15) is 4.98 Å². The van der Waals surface area contributed by atoms with E-state index in [1.165, 1.54) is 6.42 Å². The summed E-state index contributed by atoms with van der Waals surface area (Å²) in [5.41, 5.74) is -0.348. The third-order valence-electron chi connectivity index (χ3n) is 4.45. The highest BCUT2D eigenvalue weighted by Gasteiger charge is 2.40. The average molecular weight is 295 g/mol. The first kappa shape index (κ1) is 16.4. The summed E-state index contributed by atoms with van der Waals surface area (Å²) >= 11 is 0. The van der Waals surface area contributed by atoms with Crippen molar-refractivity contribution < 1.29 is 9.26 Å². The van der Waals surface area contributed by atoms with E-state index in [0.717, 1.165) is 44.5 Å². The molecule has 1 aliphatic carbocycles. The van der Waals surface area contributed by atoms with Gasteiger partial charge in [0.15, 0.2) is 0 Å².